The number of oxazole rings is 1. The van der Waals surface area contributed by atoms with Crippen molar-refractivity contribution in [2.75, 3.05) is 38.6 Å². The second kappa shape index (κ2) is 6.88. The Kier molecular flexibility index (Phi) is 4.44. The van der Waals surface area contributed by atoms with Gasteiger partial charge in [0.25, 0.3) is 6.01 Å². The van der Waals surface area contributed by atoms with E-state index in [-0.39, 0.29) is 0 Å². The number of para-hydroxylation sites is 2. The van der Waals surface area contributed by atoms with Gasteiger partial charge in [0.05, 0.1) is 0 Å². The van der Waals surface area contributed by atoms with Crippen molar-refractivity contribution in [2.45, 2.75) is 25.3 Å². The van der Waals surface area contributed by atoms with E-state index in [2.05, 4.69) is 44.6 Å². The molecule has 1 aliphatic rings. The van der Waals surface area contributed by atoms with E-state index < -0.39 is 0 Å². The average molecular weight is 339 g/mol. The molecule has 0 bridgehead atoms. The zero-order chi connectivity index (χ0) is 17.2. The zero-order valence-electron chi connectivity index (χ0n) is 14.9. The summed E-state index contributed by atoms with van der Waals surface area (Å²) in [7, 11) is 4.21. The molecule has 4 rings (SSSR count). The third kappa shape index (κ3) is 3.39. The van der Waals surface area contributed by atoms with Gasteiger partial charge in [0.1, 0.15) is 11.3 Å². The Bertz CT molecular complexity index is 804. The van der Waals surface area contributed by atoms with Crippen LogP contribution in [0.5, 0.6) is 0 Å². The standard InChI is InChI=1S/C19H25N5O/c1-22(2)12-13-23-11-9-20-18(23)15-6-5-10-24(14-15)19-21-16-7-3-4-8-17(16)25-19/h3-4,7-9,11,15H,5-6,10,12-14H2,1-2H3. The molecule has 1 unspecified atom stereocenters. The van der Waals surface area contributed by atoms with E-state index in [4.69, 9.17) is 4.42 Å². The summed E-state index contributed by atoms with van der Waals surface area (Å²) in [6, 6.07) is 8.68. The summed E-state index contributed by atoms with van der Waals surface area (Å²) < 4.78 is 8.26. The highest BCUT2D eigenvalue weighted by Gasteiger charge is 2.27. The minimum atomic E-state index is 0.418. The van der Waals surface area contributed by atoms with Crippen molar-refractivity contribution < 1.29 is 4.42 Å². The van der Waals surface area contributed by atoms with E-state index in [1.807, 2.05) is 30.5 Å². The summed E-state index contributed by atoms with van der Waals surface area (Å²) in [6.07, 6.45) is 6.31. The Labute approximate surface area is 148 Å². The van der Waals surface area contributed by atoms with E-state index >= 15 is 0 Å². The molecular formula is C19H25N5O. The van der Waals surface area contributed by atoms with Crippen molar-refractivity contribution in [3.8, 4) is 0 Å². The molecule has 0 spiro atoms. The van der Waals surface area contributed by atoms with Crippen molar-refractivity contribution in [3.63, 3.8) is 0 Å². The number of aromatic nitrogens is 3. The predicted molar refractivity (Wildman–Crippen MR) is 99.0 cm³/mol. The highest BCUT2D eigenvalue weighted by molar-refractivity contribution is 5.74. The van der Waals surface area contributed by atoms with Crippen molar-refractivity contribution >= 4 is 17.1 Å². The van der Waals surface area contributed by atoms with Gasteiger partial charge < -0.3 is 18.8 Å². The van der Waals surface area contributed by atoms with Crippen LogP contribution in [0.15, 0.2) is 41.1 Å². The Morgan fingerprint density at radius 3 is 3.00 bits per heavy atom. The number of rotatable bonds is 5. The predicted octanol–water partition coefficient (Wildman–Crippen LogP) is 2.97. The van der Waals surface area contributed by atoms with Gasteiger partial charge in [0.2, 0.25) is 0 Å². The lowest BCUT2D eigenvalue weighted by molar-refractivity contribution is 0.372. The number of likely N-dealkylation sites (N-methyl/N-ethyl adjacent to an activating group) is 1. The highest BCUT2D eigenvalue weighted by Crippen LogP contribution is 2.30. The lowest BCUT2D eigenvalue weighted by Gasteiger charge is -2.31. The number of imidazole rings is 1. The molecule has 0 radical (unpaired) electrons. The SMILES string of the molecule is CN(C)CCn1ccnc1C1CCCN(c2nc3ccccc3o2)C1. The molecule has 1 saturated heterocycles. The molecule has 0 aliphatic carbocycles. The molecule has 1 atom stereocenters. The number of piperidine rings is 1. The third-order valence-corrected chi connectivity index (χ3v) is 4.88. The van der Waals surface area contributed by atoms with E-state index in [0.29, 0.717) is 5.92 Å². The Balaban J connectivity index is 1.52. The van der Waals surface area contributed by atoms with Gasteiger partial charge in [-0.3, -0.25) is 0 Å². The molecule has 0 saturated carbocycles. The van der Waals surface area contributed by atoms with E-state index in [9.17, 15) is 0 Å². The maximum Gasteiger partial charge on any atom is 0.298 e. The van der Waals surface area contributed by atoms with Gasteiger partial charge in [0.15, 0.2) is 5.58 Å². The van der Waals surface area contributed by atoms with E-state index in [1.54, 1.807) is 0 Å². The smallest absolute Gasteiger partial charge is 0.298 e. The fourth-order valence-electron chi connectivity index (χ4n) is 3.53. The van der Waals surface area contributed by atoms with Crippen LogP contribution >= 0.6 is 0 Å². The Hall–Kier alpha value is -2.34. The van der Waals surface area contributed by atoms with E-state index in [1.165, 1.54) is 5.82 Å². The molecule has 2 aromatic heterocycles. The topological polar surface area (TPSA) is 50.3 Å². The average Bonchev–Trinajstić information content (AvgIpc) is 3.26. The minimum absolute atomic E-state index is 0.418. The fourth-order valence-corrected chi connectivity index (χ4v) is 3.53. The maximum atomic E-state index is 5.96. The lowest BCUT2D eigenvalue weighted by Crippen LogP contribution is -2.35. The fraction of sp³-hybridized carbons (Fsp3) is 0.474. The van der Waals surface area contributed by atoms with Gasteiger partial charge >= 0.3 is 0 Å². The van der Waals surface area contributed by atoms with E-state index in [0.717, 1.165) is 56.1 Å². The van der Waals surface area contributed by atoms with Gasteiger partial charge in [-0.05, 0) is 39.1 Å². The van der Waals surface area contributed by atoms with Crippen LogP contribution in [-0.2, 0) is 6.54 Å². The molecule has 1 fully saturated rings. The molecule has 0 amide bonds. The Morgan fingerprint density at radius 1 is 1.28 bits per heavy atom. The quantitative estimate of drug-likeness (QED) is 0.715. The number of hydrogen-bond donors (Lipinski definition) is 0. The molecule has 1 aromatic carbocycles. The number of hydrogen-bond acceptors (Lipinski definition) is 5. The summed E-state index contributed by atoms with van der Waals surface area (Å²) in [5.74, 6) is 1.60. The highest BCUT2D eigenvalue weighted by atomic mass is 16.4. The molecule has 6 nitrogen and oxygen atoms in total. The first-order chi connectivity index (χ1) is 12.2. The van der Waals surface area contributed by atoms with Crippen LogP contribution in [0.25, 0.3) is 11.1 Å². The van der Waals surface area contributed by atoms with Crippen molar-refractivity contribution in [3.05, 3.63) is 42.5 Å². The van der Waals surface area contributed by atoms with Crippen LogP contribution in [0.3, 0.4) is 0 Å². The number of fused-ring (bicyclic) bond motifs is 1. The van der Waals surface area contributed by atoms with Gasteiger partial charge in [-0.1, -0.05) is 12.1 Å². The van der Waals surface area contributed by atoms with Crippen LogP contribution < -0.4 is 4.90 Å². The number of benzene rings is 1. The number of nitrogens with zero attached hydrogens (tertiary/aromatic N) is 5. The lowest BCUT2D eigenvalue weighted by atomic mass is 9.97. The van der Waals surface area contributed by atoms with Crippen molar-refractivity contribution in [1.82, 2.24) is 19.4 Å². The first kappa shape index (κ1) is 16.1. The first-order valence-electron chi connectivity index (χ1n) is 8.97. The largest absolute Gasteiger partial charge is 0.423 e. The number of anilines is 1. The second-order valence-electron chi connectivity index (χ2n) is 7.03. The van der Waals surface area contributed by atoms with Crippen LogP contribution in [0.2, 0.25) is 0 Å². The molecule has 3 aromatic rings. The molecule has 25 heavy (non-hydrogen) atoms. The first-order valence-corrected chi connectivity index (χ1v) is 8.97. The van der Waals surface area contributed by atoms with Crippen LogP contribution in [0.4, 0.5) is 6.01 Å². The Morgan fingerprint density at radius 2 is 2.16 bits per heavy atom. The van der Waals surface area contributed by atoms with Crippen LogP contribution in [0.1, 0.15) is 24.6 Å². The molecule has 3 heterocycles. The van der Waals surface area contributed by atoms with Gasteiger partial charge in [-0.25, -0.2) is 4.98 Å². The third-order valence-electron chi connectivity index (χ3n) is 4.88. The van der Waals surface area contributed by atoms with Crippen molar-refractivity contribution in [1.29, 1.82) is 0 Å². The molecule has 1 aliphatic heterocycles. The summed E-state index contributed by atoms with van der Waals surface area (Å²) in [5, 5.41) is 0. The van der Waals surface area contributed by atoms with Gasteiger partial charge in [-0.2, -0.15) is 4.98 Å². The summed E-state index contributed by atoms with van der Waals surface area (Å²) >= 11 is 0. The molecule has 0 N–H and O–H groups in total. The monoisotopic (exact) mass is 339 g/mol. The summed E-state index contributed by atoms with van der Waals surface area (Å²) in [5.41, 5.74) is 1.78. The second-order valence-corrected chi connectivity index (χ2v) is 7.03. The van der Waals surface area contributed by atoms with Crippen molar-refractivity contribution in [2.24, 2.45) is 0 Å². The molecule has 6 heteroatoms. The van der Waals surface area contributed by atoms with Gasteiger partial charge in [-0.15, -0.1) is 0 Å². The minimum Gasteiger partial charge on any atom is -0.423 e. The molecular weight excluding hydrogens is 314 g/mol. The van der Waals surface area contributed by atoms with Crippen LogP contribution in [-0.4, -0.2) is 53.2 Å². The summed E-state index contributed by atoms with van der Waals surface area (Å²) in [4.78, 5) is 13.8. The maximum absolute atomic E-state index is 5.96. The molecule has 132 valence electrons. The van der Waals surface area contributed by atoms with Crippen LogP contribution in [0, 0.1) is 0 Å². The normalized spacial score (nSPS) is 18.4. The van der Waals surface area contributed by atoms with Gasteiger partial charge in [0, 0.05) is 44.5 Å². The summed E-state index contributed by atoms with van der Waals surface area (Å²) in [6.45, 7) is 3.89. The zero-order valence-corrected chi connectivity index (χ0v) is 14.9.